The smallest absolute Gasteiger partial charge is 0.223 e. The summed E-state index contributed by atoms with van der Waals surface area (Å²) in [5.41, 5.74) is 4.40. The van der Waals surface area contributed by atoms with Gasteiger partial charge in [0.1, 0.15) is 11.8 Å². The van der Waals surface area contributed by atoms with Crippen LogP contribution in [0.4, 0.5) is 11.6 Å². The first-order valence-corrected chi connectivity index (χ1v) is 11.7. The van der Waals surface area contributed by atoms with Gasteiger partial charge < -0.3 is 16.0 Å². The molecule has 1 aromatic carbocycles. The number of nitriles is 1. The minimum atomic E-state index is -0.0350. The summed E-state index contributed by atoms with van der Waals surface area (Å²) in [4.78, 5) is 13.4. The molecule has 8 nitrogen and oxygen atoms in total. The predicted octanol–water partition coefficient (Wildman–Crippen LogP) is 4.65. The second-order valence-electron chi connectivity index (χ2n) is 8.42. The molecule has 9 heteroatoms. The molecule has 0 bridgehead atoms. The standard InChI is InChI=1S/C25H25ClN8/c1-16(17-4-2-5-20(12-17)32-19-7-9-28-10-8-19)31-25-30-14-18(13-27)23(33-25)22-15-29-24-21(26)6-3-11-34(22)24/h2-6,11-12,14-16,19,28,32H,7-10H2,1H3,(H,30,31,33)/t16-/m0/s1. The summed E-state index contributed by atoms with van der Waals surface area (Å²) in [6.07, 6.45) is 7.30. The number of pyridine rings is 1. The zero-order chi connectivity index (χ0) is 23.5. The molecular formula is C25H25ClN8. The summed E-state index contributed by atoms with van der Waals surface area (Å²) in [6, 6.07) is 14.7. The molecule has 0 saturated carbocycles. The molecule has 3 aromatic heterocycles. The summed E-state index contributed by atoms with van der Waals surface area (Å²) >= 11 is 6.27. The molecule has 1 aliphatic heterocycles. The van der Waals surface area contributed by atoms with Gasteiger partial charge in [-0.2, -0.15) is 5.26 Å². The van der Waals surface area contributed by atoms with E-state index in [-0.39, 0.29) is 6.04 Å². The number of anilines is 2. The lowest BCUT2D eigenvalue weighted by molar-refractivity contribution is 0.479. The second-order valence-corrected chi connectivity index (χ2v) is 8.83. The fourth-order valence-corrected chi connectivity index (χ4v) is 4.47. The maximum absolute atomic E-state index is 9.64. The third-order valence-electron chi connectivity index (χ3n) is 6.08. The number of aromatic nitrogens is 4. The Hall–Kier alpha value is -3.67. The Kier molecular flexibility index (Phi) is 6.30. The third-order valence-corrected chi connectivity index (χ3v) is 6.38. The fourth-order valence-electron chi connectivity index (χ4n) is 4.26. The molecule has 4 aromatic rings. The van der Waals surface area contributed by atoms with Crippen molar-refractivity contribution in [2.75, 3.05) is 23.7 Å². The highest BCUT2D eigenvalue weighted by Gasteiger charge is 2.17. The first kappa shape index (κ1) is 22.1. The van der Waals surface area contributed by atoms with Crippen LogP contribution in [0.25, 0.3) is 17.0 Å². The quantitative estimate of drug-likeness (QED) is 0.375. The van der Waals surface area contributed by atoms with Crippen molar-refractivity contribution >= 4 is 28.9 Å². The lowest BCUT2D eigenvalue weighted by atomic mass is 10.0. The second kappa shape index (κ2) is 9.67. The summed E-state index contributed by atoms with van der Waals surface area (Å²) in [5.74, 6) is 0.440. The Labute approximate surface area is 203 Å². The highest BCUT2D eigenvalue weighted by atomic mass is 35.5. The maximum atomic E-state index is 9.64. The van der Waals surface area contributed by atoms with E-state index in [0.717, 1.165) is 37.2 Å². The van der Waals surface area contributed by atoms with Crippen molar-refractivity contribution in [3.8, 4) is 17.5 Å². The minimum absolute atomic E-state index is 0.0350. The van der Waals surface area contributed by atoms with E-state index < -0.39 is 0 Å². The van der Waals surface area contributed by atoms with Crippen LogP contribution in [0.3, 0.4) is 0 Å². The molecule has 0 radical (unpaired) electrons. The lowest BCUT2D eigenvalue weighted by Gasteiger charge is -2.25. The van der Waals surface area contributed by atoms with Crippen LogP contribution in [0.15, 0.2) is 55.0 Å². The topological polar surface area (TPSA) is 103 Å². The average Bonchev–Trinajstić information content (AvgIpc) is 3.30. The van der Waals surface area contributed by atoms with Crippen LogP contribution < -0.4 is 16.0 Å². The van der Waals surface area contributed by atoms with Crippen LogP contribution in [0, 0.1) is 11.3 Å². The number of nitrogens with zero attached hydrogens (tertiary/aromatic N) is 5. The predicted molar refractivity (Wildman–Crippen MR) is 134 cm³/mol. The molecule has 34 heavy (non-hydrogen) atoms. The van der Waals surface area contributed by atoms with Gasteiger partial charge in [0.2, 0.25) is 5.95 Å². The van der Waals surface area contributed by atoms with Gasteiger partial charge in [-0.05, 0) is 62.7 Å². The van der Waals surface area contributed by atoms with Gasteiger partial charge in [0.15, 0.2) is 5.65 Å². The molecule has 5 rings (SSSR count). The first-order chi connectivity index (χ1) is 16.6. The molecule has 0 aliphatic carbocycles. The van der Waals surface area contributed by atoms with Crippen molar-refractivity contribution < 1.29 is 0 Å². The molecule has 0 amide bonds. The fraction of sp³-hybridized carbons (Fsp3) is 0.280. The van der Waals surface area contributed by atoms with Gasteiger partial charge >= 0.3 is 0 Å². The Bertz CT molecular complexity index is 1350. The lowest BCUT2D eigenvalue weighted by Crippen LogP contribution is -2.35. The molecular weight excluding hydrogens is 448 g/mol. The van der Waals surface area contributed by atoms with E-state index in [2.05, 4.69) is 68.2 Å². The van der Waals surface area contributed by atoms with Crippen molar-refractivity contribution in [2.45, 2.75) is 31.8 Å². The maximum Gasteiger partial charge on any atom is 0.223 e. The Morgan fingerprint density at radius 3 is 2.85 bits per heavy atom. The molecule has 3 N–H and O–H groups in total. The van der Waals surface area contributed by atoms with Crippen molar-refractivity contribution in [1.29, 1.82) is 5.26 Å². The largest absolute Gasteiger partial charge is 0.382 e. The normalized spacial score (nSPS) is 15.1. The average molecular weight is 473 g/mol. The number of hydrogen-bond donors (Lipinski definition) is 3. The highest BCUT2D eigenvalue weighted by Crippen LogP contribution is 2.27. The molecule has 1 fully saturated rings. The van der Waals surface area contributed by atoms with Crippen molar-refractivity contribution in [1.82, 2.24) is 24.7 Å². The molecule has 1 aliphatic rings. The summed E-state index contributed by atoms with van der Waals surface area (Å²) in [5, 5.41) is 20.6. The summed E-state index contributed by atoms with van der Waals surface area (Å²) < 4.78 is 1.83. The van der Waals surface area contributed by atoms with E-state index >= 15 is 0 Å². The van der Waals surface area contributed by atoms with E-state index in [4.69, 9.17) is 11.6 Å². The molecule has 1 saturated heterocycles. The number of hydrogen-bond acceptors (Lipinski definition) is 7. The van der Waals surface area contributed by atoms with E-state index in [0.29, 0.717) is 39.6 Å². The van der Waals surface area contributed by atoms with Crippen LogP contribution in [0.1, 0.15) is 36.9 Å². The third kappa shape index (κ3) is 4.53. The van der Waals surface area contributed by atoms with E-state index in [1.165, 1.54) is 6.20 Å². The number of halogens is 1. The van der Waals surface area contributed by atoms with Gasteiger partial charge in [-0.3, -0.25) is 4.40 Å². The number of benzene rings is 1. The molecule has 172 valence electrons. The van der Waals surface area contributed by atoms with E-state index in [1.54, 1.807) is 12.3 Å². The summed E-state index contributed by atoms with van der Waals surface area (Å²) in [6.45, 7) is 4.16. The Morgan fingerprint density at radius 2 is 2.03 bits per heavy atom. The monoisotopic (exact) mass is 472 g/mol. The molecule has 0 spiro atoms. The van der Waals surface area contributed by atoms with Gasteiger partial charge in [0.25, 0.3) is 0 Å². The van der Waals surface area contributed by atoms with Crippen LogP contribution >= 0.6 is 11.6 Å². The van der Waals surface area contributed by atoms with E-state index in [9.17, 15) is 5.26 Å². The summed E-state index contributed by atoms with van der Waals surface area (Å²) in [7, 11) is 0. The van der Waals surface area contributed by atoms with Gasteiger partial charge in [0, 0.05) is 17.9 Å². The van der Waals surface area contributed by atoms with Crippen molar-refractivity contribution in [2.24, 2.45) is 0 Å². The number of imidazole rings is 1. The molecule has 1 atom stereocenters. The molecule has 0 unspecified atom stereocenters. The van der Waals surface area contributed by atoms with E-state index in [1.807, 2.05) is 16.7 Å². The zero-order valence-electron chi connectivity index (χ0n) is 18.8. The molecule has 4 heterocycles. The SMILES string of the molecule is C[C@H](Nc1ncc(C#N)c(-c2cnc3c(Cl)cccn23)n1)c1cccc(NC2CCNCC2)c1. The van der Waals surface area contributed by atoms with Gasteiger partial charge in [-0.1, -0.05) is 23.7 Å². The number of fused-ring (bicyclic) bond motifs is 1. The minimum Gasteiger partial charge on any atom is -0.382 e. The van der Waals surface area contributed by atoms with Crippen molar-refractivity contribution in [3.63, 3.8) is 0 Å². The number of rotatable bonds is 6. The first-order valence-electron chi connectivity index (χ1n) is 11.3. The van der Waals surface area contributed by atoms with Crippen LogP contribution in [-0.2, 0) is 0 Å². The van der Waals surface area contributed by atoms with Crippen molar-refractivity contribution in [3.05, 3.63) is 71.1 Å². The number of nitrogens with one attached hydrogen (secondary N) is 3. The van der Waals surface area contributed by atoms with Gasteiger partial charge in [0.05, 0.1) is 34.7 Å². The zero-order valence-corrected chi connectivity index (χ0v) is 19.5. The van der Waals surface area contributed by atoms with Gasteiger partial charge in [-0.25, -0.2) is 15.0 Å². The number of piperidine rings is 1. The van der Waals surface area contributed by atoms with Crippen LogP contribution in [0.2, 0.25) is 5.02 Å². The highest BCUT2D eigenvalue weighted by molar-refractivity contribution is 6.33. The van der Waals surface area contributed by atoms with Gasteiger partial charge in [-0.15, -0.1) is 0 Å². The van der Waals surface area contributed by atoms with Crippen LogP contribution in [0.5, 0.6) is 0 Å². The van der Waals surface area contributed by atoms with Crippen LogP contribution in [-0.4, -0.2) is 38.5 Å². The Morgan fingerprint density at radius 1 is 1.18 bits per heavy atom. The Balaban J connectivity index is 1.39.